The van der Waals surface area contributed by atoms with Crippen molar-refractivity contribution in [2.75, 3.05) is 6.61 Å². The van der Waals surface area contributed by atoms with E-state index in [0.717, 1.165) is 0 Å². The first-order chi connectivity index (χ1) is 4.56. The van der Waals surface area contributed by atoms with Gasteiger partial charge in [-0.15, -0.1) is 0 Å². The van der Waals surface area contributed by atoms with E-state index in [4.69, 9.17) is 10.2 Å². The van der Waals surface area contributed by atoms with Gasteiger partial charge in [0.1, 0.15) is 0 Å². The lowest BCUT2D eigenvalue weighted by atomic mass is 9.94. The molecular formula is C7H14O3. The van der Waals surface area contributed by atoms with Gasteiger partial charge in [-0.1, -0.05) is 0 Å². The smallest absolute Gasteiger partial charge is 0.0695 e. The molecule has 3 nitrogen and oxygen atoms in total. The zero-order valence-electron chi connectivity index (χ0n) is 6.12. The van der Waals surface area contributed by atoms with E-state index in [9.17, 15) is 5.11 Å². The Morgan fingerprint density at radius 3 is 2.40 bits per heavy atom. The van der Waals surface area contributed by atoms with Crippen molar-refractivity contribution in [1.29, 1.82) is 0 Å². The highest BCUT2D eigenvalue weighted by Gasteiger charge is 2.41. The highest BCUT2D eigenvalue weighted by atomic mass is 16.3. The first-order valence-electron chi connectivity index (χ1n) is 3.57. The lowest BCUT2D eigenvalue weighted by molar-refractivity contribution is -0.00493. The number of aliphatic hydroxyl groups is 3. The topological polar surface area (TPSA) is 60.7 Å². The van der Waals surface area contributed by atoms with Crippen molar-refractivity contribution < 1.29 is 15.3 Å². The molecule has 60 valence electrons. The van der Waals surface area contributed by atoms with Crippen LogP contribution in [0.4, 0.5) is 0 Å². The van der Waals surface area contributed by atoms with E-state index < -0.39 is 11.7 Å². The Morgan fingerprint density at radius 1 is 1.60 bits per heavy atom. The molecule has 0 saturated heterocycles. The van der Waals surface area contributed by atoms with Gasteiger partial charge in [0.2, 0.25) is 0 Å². The maximum absolute atomic E-state index is 9.50. The molecule has 0 aromatic heterocycles. The molecule has 1 saturated carbocycles. The fourth-order valence-electron chi connectivity index (χ4n) is 1.58. The van der Waals surface area contributed by atoms with E-state index >= 15 is 0 Å². The highest BCUT2D eigenvalue weighted by Crippen LogP contribution is 2.34. The minimum absolute atomic E-state index is 0.0376. The third-order valence-electron chi connectivity index (χ3n) is 2.31. The molecule has 0 spiro atoms. The fraction of sp³-hybridized carbons (Fsp3) is 1.00. The third kappa shape index (κ3) is 1.31. The standard InChI is InChI=1S/C7H14O3/c1-7(10)3-6(9)2-5(7)4-8/h5-6,8-10H,2-4H2,1H3/t5-,6-,7+/m1/s1. The Balaban J connectivity index is 2.58. The molecule has 0 aromatic carbocycles. The molecule has 1 fully saturated rings. The van der Waals surface area contributed by atoms with Crippen LogP contribution >= 0.6 is 0 Å². The van der Waals surface area contributed by atoms with E-state index in [2.05, 4.69) is 0 Å². The molecule has 0 bridgehead atoms. The van der Waals surface area contributed by atoms with Crippen LogP contribution < -0.4 is 0 Å². The van der Waals surface area contributed by atoms with Crippen molar-refractivity contribution in [3.63, 3.8) is 0 Å². The molecule has 0 aromatic rings. The predicted molar refractivity (Wildman–Crippen MR) is 36.4 cm³/mol. The molecule has 1 rings (SSSR count). The van der Waals surface area contributed by atoms with Crippen LogP contribution in [0.1, 0.15) is 19.8 Å². The molecule has 0 heterocycles. The fourth-order valence-corrected chi connectivity index (χ4v) is 1.58. The van der Waals surface area contributed by atoms with Gasteiger partial charge < -0.3 is 15.3 Å². The molecule has 1 aliphatic carbocycles. The molecule has 0 radical (unpaired) electrons. The molecule has 0 unspecified atom stereocenters. The van der Waals surface area contributed by atoms with Crippen LogP contribution in [0.15, 0.2) is 0 Å². The number of aliphatic hydroxyl groups excluding tert-OH is 2. The summed E-state index contributed by atoms with van der Waals surface area (Å²) in [4.78, 5) is 0. The minimum atomic E-state index is -0.867. The quantitative estimate of drug-likeness (QED) is 0.467. The average molecular weight is 146 g/mol. The van der Waals surface area contributed by atoms with Gasteiger partial charge in [0.05, 0.1) is 11.7 Å². The van der Waals surface area contributed by atoms with Crippen LogP contribution in [0.2, 0.25) is 0 Å². The summed E-state index contributed by atoms with van der Waals surface area (Å²) in [5, 5.41) is 27.3. The van der Waals surface area contributed by atoms with Crippen LogP contribution in [-0.2, 0) is 0 Å². The van der Waals surface area contributed by atoms with E-state index in [0.29, 0.717) is 12.8 Å². The van der Waals surface area contributed by atoms with Crippen molar-refractivity contribution in [3.8, 4) is 0 Å². The highest BCUT2D eigenvalue weighted by molar-refractivity contribution is 4.92. The van der Waals surface area contributed by atoms with E-state index in [1.807, 2.05) is 0 Å². The molecule has 3 atom stereocenters. The first kappa shape index (κ1) is 7.98. The molecule has 1 aliphatic rings. The number of hydrogen-bond donors (Lipinski definition) is 3. The summed E-state index contributed by atoms with van der Waals surface area (Å²) >= 11 is 0. The molecule has 10 heavy (non-hydrogen) atoms. The van der Waals surface area contributed by atoms with Crippen LogP contribution in [0.5, 0.6) is 0 Å². The summed E-state index contributed by atoms with van der Waals surface area (Å²) < 4.78 is 0. The maximum atomic E-state index is 9.50. The maximum Gasteiger partial charge on any atom is 0.0695 e. The van der Waals surface area contributed by atoms with Crippen molar-refractivity contribution in [1.82, 2.24) is 0 Å². The van der Waals surface area contributed by atoms with Crippen LogP contribution in [0.3, 0.4) is 0 Å². The molecule has 0 aliphatic heterocycles. The predicted octanol–water partition coefficient (Wildman–Crippen LogP) is -0.499. The Labute approximate surface area is 60.3 Å². The summed E-state index contributed by atoms with van der Waals surface area (Å²) in [5.41, 5.74) is -0.867. The third-order valence-corrected chi connectivity index (χ3v) is 2.31. The molecule has 3 N–H and O–H groups in total. The first-order valence-corrected chi connectivity index (χ1v) is 3.57. The Morgan fingerprint density at radius 2 is 2.20 bits per heavy atom. The summed E-state index contributed by atoms with van der Waals surface area (Å²) in [6, 6.07) is 0. The lowest BCUT2D eigenvalue weighted by Crippen LogP contribution is -2.31. The summed E-state index contributed by atoms with van der Waals surface area (Å²) in [6.07, 6.45) is 0.467. The van der Waals surface area contributed by atoms with Crippen LogP contribution in [0, 0.1) is 5.92 Å². The van der Waals surface area contributed by atoms with Crippen molar-refractivity contribution in [2.45, 2.75) is 31.5 Å². The average Bonchev–Trinajstić information content (AvgIpc) is 2.04. The normalized spacial score (nSPS) is 48.0. The van der Waals surface area contributed by atoms with Gasteiger partial charge >= 0.3 is 0 Å². The van der Waals surface area contributed by atoms with Crippen molar-refractivity contribution >= 4 is 0 Å². The van der Waals surface area contributed by atoms with Gasteiger partial charge in [-0.3, -0.25) is 0 Å². The Hall–Kier alpha value is -0.120. The Kier molecular flexibility index (Phi) is 1.99. The van der Waals surface area contributed by atoms with Gasteiger partial charge in [-0.2, -0.15) is 0 Å². The van der Waals surface area contributed by atoms with Gasteiger partial charge in [-0.25, -0.2) is 0 Å². The lowest BCUT2D eigenvalue weighted by Gasteiger charge is -2.22. The molecule has 3 heteroatoms. The molecule has 0 amide bonds. The minimum Gasteiger partial charge on any atom is -0.396 e. The van der Waals surface area contributed by atoms with Crippen LogP contribution in [0.25, 0.3) is 0 Å². The summed E-state index contributed by atoms with van der Waals surface area (Å²) in [7, 11) is 0. The second-order valence-electron chi connectivity index (χ2n) is 3.33. The SMILES string of the molecule is C[C@]1(O)C[C@H](O)C[C@@H]1CO. The second kappa shape index (κ2) is 2.49. The van der Waals surface area contributed by atoms with E-state index in [-0.39, 0.29) is 12.5 Å². The largest absolute Gasteiger partial charge is 0.396 e. The van der Waals surface area contributed by atoms with E-state index in [1.165, 1.54) is 0 Å². The van der Waals surface area contributed by atoms with Gasteiger partial charge in [0.15, 0.2) is 0 Å². The van der Waals surface area contributed by atoms with Gasteiger partial charge in [-0.05, 0) is 13.3 Å². The number of rotatable bonds is 1. The summed E-state index contributed by atoms with van der Waals surface area (Å²) in [5.74, 6) is -0.150. The van der Waals surface area contributed by atoms with Crippen molar-refractivity contribution in [2.24, 2.45) is 5.92 Å². The van der Waals surface area contributed by atoms with Crippen molar-refractivity contribution in [3.05, 3.63) is 0 Å². The van der Waals surface area contributed by atoms with Crippen LogP contribution in [-0.4, -0.2) is 33.6 Å². The second-order valence-corrected chi connectivity index (χ2v) is 3.33. The zero-order chi connectivity index (χ0) is 7.78. The molecular weight excluding hydrogens is 132 g/mol. The van der Waals surface area contributed by atoms with Gasteiger partial charge in [0.25, 0.3) is 0 Å². The monoisotopic (exact) mass is 146 g/mol. The Bertz CT molecular complexity index is 122. The van der Waals surface area contributed by atoms with E-state index in [1.54, 1.807) is 6.92 Å². The summed E-state index contributed by atoms with van der Waals surface area (Å²) in [6.45, 7) is 1.62. The zero-order valence-corrected chi connectivity index (χ0v) is 6.12. The van der Waals surface area contributed by atoms with Gasteiger partial charge in [0, 0.05) is 18.9 Å². The number of hydrogen-bond acceptors (Lipinski definition) is 3.